The summed E-state index contributed by atoms with van der Waals surface area (Å²) in [7, 11) is 0. The molecule has 2 aromatic rings. The van der Waals surface area contributed by atoms with Crippen molar-refractivity contribution in [1.82, 2.24) is 0 Å². The molecule has 0 atom stereocenters. The van der Waals surface area contributed by atoms with Crippen molar-refractivity contribution < 1.29 is 51.0 Å². The summed E-state index contributed by atoms with van der Waals surface area (Å²) in [5, 5.41) is 9.79. The minimum Gasteiger partial charge on any atom is -1.00 e. The molecular weight excluding hydrogens is 418 g/mol. The van der Waals surface area contributed by atoms with Crippen LogP contribution in [0.25, 0.3) is 10.8 Å². The number of nitrogens with one attached hydrogen (secondary N) is 2. The van der Waals surface area contributed by atoms with Crippen LogP contribution in [0.3, 0.4) is 0 Å². The topological polar surface area (TPSA) is 24.1 Å². The third-order valence-electron chi connectivity index (χ3n) is 2.81. The number of hydrogen-bond donors (Lipinski definition) is 2. The first-order valence-electron chi connectivity index (χ1n) is 6.90. The van der Waals surface area contributed by atoms with Gasteiger partial charge < -0.3 is 50.3 Å². The number of fused-ring (bicyclic) bond motifs is 1. The third kappa shape index (κ3) is 8.83. The average Bonchev–Trinajstić information content (AvgIpc) is 2.52. The summed E-state index contributed by atoms with van der Waals surface area (Å²) in [6, 6.07) is 10.8. The fourth-order valence-electron chi connectivity index (χ4n) is 2.24. The van der Waals surface area contributed by atoms with Crippen LogP contribution in [-0.4, -0.2) is 11.1 Å². The molecule has 2 nitrogen and oxygen atoms in total. The molecule has 2 N–H and O–H groups in total. The van der Waals surface area contributed by atoms with Crippen LogP contribution in [0.15, 0.2) is 30.3 Å². The van der Waals surface area contributed by atoms with Gasteiger partial charge in [0.25, 0.3) is 0 Å². The van der Waals surface area contributed by atoms with Crippen molar-refractivity contribution in [3.05, 3.63) is 45.2 Å². The molecule has 2 rings (SSSR count). The summed E-state index contributed by atoms with van der Waals surface area (Å²) in [6.07, 6.45) is 0. The molecule has 138 valence electrons. The van der Waals surface area contributed by atoms with Crippen LogP contribution in [0, 0.1) is 14.9 Å². The van der Waals surface area contributed by atoms with E-state index in [0.29, 0.717) is 0 Å². The van der Waals surface area contributed by atoms with Crippen molar-refractivity contribution in [1.29, 1.82) is 0 Å². The molecule has 0 unspecified atom stereocenters. The van der Waals surface area contributed by atoms with Crippen LogP contribution < -0.4 is 35.4 Å². The third-order valence-corrected chi connectivity index (χ3v) is 2.81. The van der Waals surface area contributed by atoms with Crippen LogP contribution in [-0.2, 0) is 26.2 Å². The van der Waals surface area contributed by atoms with Gasteiger partial charge in [-0.05, 0) is 47.2 Å². The van der Waals surface area contributed by atoms with E-state index >= 15 is 0 Å². The Kier molecular flexibility index (Phi) is 15.2. The smallest absolute Gasteiger partial charge is 1.00 e. The van der Waals surface area contributed by atoms with E-state index in [1.807, 2.05) is 0 Å². The Morgan fingerprint density at radius 2 is 1.25 bits per heavy atom. The molecule has 0 amide bonds. The molecule has 2 aromatic carbocycles. The van der Waals surface area contributed by atoms with Crippen LogP contribution in [0.2, 0.25) is 0 Å². The van der Waals surface area contributed by atoms with Gasteiger partial charge in [-0.15, -0.1) is 35.0 Å². The molecule has 0 saturated heterocycles. The Morgan fingerprint density at radius 1 is 0.792 bits per heavy atom. The minimum absolute atomic E-state index is 0. The van der Waals surface area contributed by atoms with E-state index < -0.39 is 0 Å². The zero-order valence-corrected chi connectivity index (χ0v) is 20.1. The first kappa shape index (κ1) is 31.6. The molecule has 5 heteroatoms. The Hall–Kier alpha value is -0.107. The van der Waals surface area contributed by atoms with Crippen LogP contribution in [0.4, 0.5) is 11.4 Å². The standard InChI is InChI=1S/C17H25N2.2CH3.2ClH.Zr/c1-16(2,3)18-14-11-12-9-7-8-10-13(12)15(14)19-17(4,5)6;;;;;/h7-11,18-19H,1-6H3;2*1H3;2*1H;/q3*-1;;;+2/p-2. The number of halogens is 2. The van der Waals surface area contributed by atoms with Gasteiger partial charge in [0.05, 0.1) is 0 Å². The van der Waals surface area contributed by atoms with Crippen molar-refractivity contribution >= 4 is 22.1 Å². The second-order valence-electron chi connectivity index (χ2n) is 7.27. The first-order chi connectivity index (χ1) is 8.66. The molecular formula is C19H31Cl2N2Zr-3. The second kappa shape index (κ2) is 11.5. The van der Waals surface area contributed by atoms with E-state index in [1.165, 1.54) is 22.1 Å². The summed E-state index contributed by atoms with van der Waals surface area (Å²) in [5.41, 5.74) is 2.49. The molecule has 0 fully saturated rings. The molecule has 0 aliphatic heterocycles. The second-order valence-corrected chi connectivity index (χ2v) is 7.27. The van der Waals surface area contributed by atoms with Crippen molar-refractivity contribution in [2.24, 2.45) is 0 Å². The largest absolute Gasteiger partial charge is 2.00 e. The molecule has 0 aliphatic carbocycles. The summed E-state index contributed by atoms with van der Waals surface area (Å²) >= 11 is 0. The van der Waals surface area contributed by atoms with E-state index in [1.54, 1.807) is 0 Å². The maximum atomic E-state index is 3.63. The SMILES string of the molecule is CC(C)(C)Nc1[cH-]c2ccccc2c1NC(C)(C)C.[CH3-].[CH3-].[Cl-].[Cl-].[Zr+2]. The first-order valence-corrected chi connectivity index (χ1v) is 6.90. The fourth-order valence-corrected chi connectivity index (χ4v) is 2.24. The van der Waals surface area contributed by atoms with Gasteiger partial charge in [-0.2, -0.15) is 0 Å². The zero-order valence-electron chi connectivity index (χ0n) is 16.1. The summed E-state index contributed by atoms with van der Waals surface area (Å²) in [6.45, 7) is 13.1. The van der Waals surface area contributed by atoms with E-state index in [2.05, 4.69) is 82.5 Å². The van der Waals surface area contributed by atoms with Gasteiger partial charge in [0.15, 0.2) is 0 Å². The summed E-state index contributed by atoms with van der Waals surface area (Å²) < 4.78 is 0. The van der Waals surface area contributed by atoms with Crippen molar-refractivity contribution in [2.75, 3.05) is 10.6 Å². The Balaban J connectivity index is -0.000000400. The van der Waals surface area contributed by atoms with E-state index in [4.69, 9.17) is 0 Å². The zero-order chi connectivity index (χ0) is 14.3. The van der Waals surface area contributed by atoms with E-state index in [-0.39, 0.29) is 76.9 Å². The van der Waals surface area contributed by atoms with Crippen LogP contribution in [0.5, 0.6) is 0 Å². The maximum Gasteiger partial charge on any atom is 2.00 e. The van der Waals surface area contributed by atoms with Crippen LogP contribution in [0.1, 0.15) is 41.5 Å². The predicted molar refractivity (Wildman–Crippen MR) is 99.1 cm³/mol. The van der Waals surface area contributed by atoms with Crippen molar-refractivity contribution in [3.63, 3.8) is 0 Å². The maximum absolute atomic E-state index is 3.63. The van der Waals surface area contributed by atoms with Crippen LogP contribution >= 0.6 is 0 Å². The predicted octanol–water partition coefficient (Wildman–Crippen LogP) is -0.114. The number of anilines is 2. The van der Waals surface area contributed by atoms with Crippen molar-refractivity contribution in [3.8, 4) is 0 Å². The normalized spacial score (nSPS) is 10.1. The van der Waals surface area contributed by atoms with E-state index in [0.717, 1.165) is 0 Å². The van der Waals surface area contributed by atoms with Gasteiger partial charge in [0, 0.05) is 11.1 Å². The van der Waals surface area contributed by atoms with E-state index in [9.17, 15) is 0 Å². The van der Waals surface area contributed by atoms with Gasteiger partial charge in [-0.1, -0.05) is 11.8 Å². The van der Waals surface area contributed by atoms with Gasteiger partial charge in [-0.25, -0.2) is 0 Å². The monoisotopic (exact) mass is 447 g/mol. The number of benzene rings is 1. The van der Waals surface area contributed by atoms with Crippen molar-refractivity contribution in [2.45, 2.75) is 52.6 Å². The molecule has 0 saturated carbocycles. The number of rotatable bonds is 2. The molecule has 24 heavy (non-hydrogen) atoms. The number of hydrogen-bond acceptors (Lipinski definition) is 2. The molecule has 0 radical (unpaired) electrons. The molecule has 0 aliphatic rings. The quantitative estimate of drug-likeness (QED) is 0.625. The van der Waals surface area contributed by atoms with Gasteiger partial charge in [0.2, 0.25) is 0 Å². The molecule has 0 spiro atoms. The van der Waals surface area contributed by atoms with Gasteiger partial charge in [0.1, 0.15) is 0 Å². The molecule has 0 heterocycles. The van der Waals surface area contributed by atoms with Gasteiger partial charge in [-0.3, -0.25) is 0 Å². The molecule has 0 bridgehead atoms. The molecule has 0 aromatic heterocycles. The Labute approximate surface area is 180 Å². The van der Waals surface area contributed by atoms with Gasteiger partial charge >= 0.3 is 26.2 Å². The average molecular weight is 450 g/mol. The fraction of sp³-hybridized carbons (Fsp3) is 0.421. The minimum atomic E-state index is 0. The summed E-state index contributed by atoms with van der Waals surface area (Å²) in [4.78, 5) is 0. The Morgan fingerprint density at radius 3 is 1.71 bits per heavy atom. The summed E-state index contributed by atoms with van der Waals surface area (Å²) in [5.74, 6) is 0. The Bertz CT molecular complexity index is 581.